The van der Waals surface area contributed by atoms with Crippen LogP contribution in [0.4, 0.5) is 0 Å². The number of benzene rings is 2. The molecule has 0 saturated carbocycles. The summed E-state index contributed by atoms with van der Waals surface area (Å²) in [5, 5.41) is 2.91. The first kappa shape index (κ1) is 22.3. The summed E-state index contributed by atoms with van der Waals surface area (Å²) >= 11 is 3.53. The monoisotopic (exact) mass is 447 g/mol. The van der Waals surface area contributed by atoms with Crippen LogP contribution >= 0.6 is 15.9 Å². The molecule has 1 N–H and O–H groups in total. The maximum Gasteiger partial charge on any atom is 0.257 e. The van der Waals surface area contributed by atoms with Crippen molar-refractivity contribution in [1.29, 1.82) is 0 Å². The summed E-state index contributed by atoms with van der Waals surface area (Å²) in [6.07, 6.45) is 1.79. The van der Waals surface area contributed by atoms with Crippen molar-refractivity contribution >= 4 is 21.8 Å². The van der Waals surface area contributed by atoms with E-state index < -0.39 is 0 Å². The number of aryl methyl sites for hydroxylation is 1. The van der Waals surface area contributed by atoms with Crippen LogP contribution < -0.4 is 14.8 Å². The maximum absolute atomic E-state index is 12.0. The van der Waals surface area contributed by atoms with E-state index in [1.54, 1.807) is 0 Å². The van der Waals surface area contributed by atoms with Gasteiger partial charge in [-0.2, -0.15) is 0 Å². The summed E-state index contributed by atoms with van der Waals surface area (Å²) in [7, 11) is 0. The van der Waals surface area contributed by atoms with Crippen LogP contribution in [0.3, 0.4) is 0 Å². The van der Waals surface area contributed by atoms with Crippen molar-refractivity contribution in [2.45, 2.75) is 46.0 Å². The fraction of sp³-hybridized carbons (Fsp3) is 0.435. The second-order valence-electron chi connectivity index (χ2n) is 7.71. The first-order valence-electron chi connectivity index (χ1n) is 9.71. The average Bonchev–Trinajstić information content (AvgIpc) is 2.65. The smallest absolute Gasteiger partial charge is 0.257 e. The summed E-state index contributed by atoms with van der Waals surface area (Å²) in [6.45, 7) is 9.77. The molecule has 152 valence electrons. The van der Waals surface area contributed by atoms with Crippen LogP contribution in [-0.4, -0.2) is 25.7 Å². The Morgan fingerprint density at radius 3 is 2.39 bits per heavy atom. The Morgan fingerprint density at radius 2 is 1.79 bits per heavy atom. The molecule has 4 nitrogen and oxygen atoms in total. The zero-order chi connectivity index (χ0) is 20.6. The lowest BCUT2D eigenvalue weighted by atomic mass is 9.87. The van der Waals surface area contributed by atoms with Crippen molar-refractivity contribution in [2.24, 2.45) is 0 Å². The molecule has 0 spiro atoms. The highest BCUT2D eigenvalue weighted by Crippen LogP contribution is 2.31. The highest BCUT2D eigenvalue weighted by atomic mass is 79.9. The molecule has 1 amide bonds. The number of amides is 1. The highest BCUT2D eigenvalue weighted by molar-refractivity contribution is 9.10. The zero-order valence-corrected chi connectivity index (χ0v) is 18.8. The van der Waals surface area contributed by atoms with E-state index in [9.17, 15) is 4.79 Å². The van der Waals surface area contributed by atoms with Crippen LogP contribution in [0.2, 0.25) is 0 Å². The third-order valence-corrected chi connectivity index (χ3v) is 4.98. The molecule has 0 aromatic heterocycles. The topological polar surface area (TPSA) is 47.6 Å². The summed E-state index contributed by atoms with van der Waals surface area (Å²) < 4.78 is 11.9. The molecule has 0 aliphatic rings. The van der Waals surface area contributed by atoms with Gasteiger partial charge in [-0.1, -0.05) is 39.0 Å². The number of hydrogen-bond donors (Lipinski definition) is 1. The lowest BCUT2D eigenvalue weighted by Crippen LogP contribution is -2.30. The summed E-state index contributed by atoms with van der Waals surface area (Å²) in [5.74, 6) is 1.45. The number of halogens is 1. The van der Waals surface area contributed by atoms with Crippen molar-refractivity contribution in [2.75, 3.05) is 19.8 Å². The predicted octanol–water partition coefficient (Wildman–Crippen LogP) is 5.27. The third-order valence-electron chi connectivity index (χ3n) is 4.36. The maximum atomic E-state index is 12.0. The number of hydrogen-bond acceptors (Lipinski definition) is 3. The fourth-order valence-corrected chi connectivity index (χ4v) is 3.21. The quantitative estimate of drug-likeness (QED) is 0.532. The van der Waals surface area contributed by atoms with Crippen molar-refractivity contribution in [3.8, 4) is 11.5 Å². The van der Waals surface area contributed by atoms with Gasteiger partial charge in [0.15, 0.2) is 6.61 Å². The lowest BCUT2D eigenvalue weighted by molar-refractivity contribution is -0.123. The summed E-state index contributed by atoms with van der Waals surface area (Å²) in [4.78, 5) is 12.0. The van der Waals surface area contributed by atoms with E-state index in [0.717, 1.165) is 23.1 Å². The van der Waals surface area contributed by atoms with Crippen LogP contribution in [0.5, 0.6) is 11.5 Å². The van der Waals surface area contributed by atoms with E-state index in [4.69, 9.17) is 9.47 Å². The SMILES string of the molecule is CCOc1ccc(CCCNC(=O)COc2ccc(C(C)(C)C)cc2Br)cc1. The minimum atomic E-state index is -0.113. The van der Waals surface area contributed by atoms with Crippen molar-refractivity contribution in [3.63, 3.8) is 0 Å². The van der Waals surface area contributed by atoms with Gasteiger partial charge in [0.2, 0.25) is 0 Å². The Morgan fingerprint density at radius 1 is 1.07 bits per heavy atom. The second kappa shape index (κ2) is 10.5. The number of carbonyl (C=O) groups excluding carboxylic acids is 1. The van der Waals surface area contributed by atoms with Crippen LogP contribution in [-0.2, 0) is 16.6 Å². The van der Waals surface area contributed by atoms with Crippen LogP contribution in [0.1, 0.15) is 45.2 Å². The Balaban J connectivity index is 1.70. The van der Waals surface area contributed by atoms with Gasteiger partial charge in [0.05, 0.1) is 11.1 Å². The number of ether oxygens (including phenoxy) is 2. The minimum Gasteiger partial charge on any atom is -0.494 e. The molecule has 0 unspecified atom stereocenters. The lowest BCUT2D eigenvalue weighted by Gasteiger charge is -2.20. The van der Waals surface area contributed by atoms with Gasteiger partial charge in [-0.05, 0) is 76.5 Å². The molecule has 0 fully saturated rings. The molecule has 0 aliphatic heterocycles. The van der Waals surface area contributed by atoms with Gasteiger partial charge in [0, 0.05) is 6.54 Å². The normalized spacial score (nSPS) is 11.2. The molecule has 0 bridgehead atoms. The first-order chi connectivity index (χ1) is 13.3. The molecular formula is C23H30BrNO3. The predicted molar refractivity (Wildman–Crippen MR) is 117 cm³/mol. The number of nitrogens with one attached hydrogen (secondary N) is 1. The molecule has 5 heteroatoms. The molecule has 2 aromatic carbocycles. The van der Waals surface area contributed by atoms with Crippen molar-refractivity contribution < 1.29 is 14.3 Å². The summed E-state index contributed by atoms with van der Waals surface area (Å²) in [5.41, 5.74) is 2.52. The van der Waals surface area contributed by atoms with E-state index in [1.165, 1.54) is 11.1 Å². The molecule has 0 atom stereocenters. The number of rotatable bonds is 9. The van der Waals surface area contributed by atoms with Gasteiger partial charge >= 0.3 is 0 Å². The standard InChI is InChI=1S/C23H30BrNO3/c1-5-27-19-11-8-17(9-12-19)7-6-14-25-22(26)16-28-21-13-10-18(15-20(21)24)23(2,3)4/h8-13,15H,5-7,14,16H2,1-4H3,(H,25,26). The molecule has 28 heavy (non-hydrogen) atoms. The van der Waals surface area contributed by atoms with Gasteiger partial charge in [0.25, 0.3) is 5.91 Å². The summed E-state index contributed by atoms with van der Waals surface area (Å²) in [6, 6.07) is 14.1. The largest absolute Gasteiger partial charge is 0.494 e. The van der Waals surface area contributed by atoms with Gasteiger partial charge < -0.3 is 14.8 Å². The Labute approximate surface area is 176 Å². The number of carbonyl (C=O) groups is 1. The first-order valence-corrected chi connectivity index (χ1v) is 10.5. The second-order valence-corrected chi connectivity index (χ2v) is 8.57. The molecular weight excluding hydrogens is 418 g/mol. The van der Waals surface area contributed by atoms with Crippen LogP contribution in [0, 0.1) is 0 Å². The van der Waals surface area contributed by atoms with E-state index in [2.05, 4.69) is 54.2 Å². The van der Waals surface area contributed by atoms with Crippen molar-refractivity contribution in [3.05, 3.63) is 58.1 Å². The van der Waals surface area contributed by atoms with E-state index in [1.807, 2.05) is 37.3 Å². The van der Waals surface area contributed by atoms with Gasteiger partial charge in [-0.15, -0.1) is 0 Å². The Hall–Kier alpha value is -2.01. The minimum absolute atomic E-state index is 0.0104. The zero-order valence-electron chi connectivity index (χ0n) is 17.2. The molecule has 2 aromatic rings. The third kappa shape index (κ3) is 7.19. The van der Waals surface area contributed by atoms with E-state index >= 15 is 0 Å². The average molecular weight is 448 g/mol. The fourth-order valence-electron chi connectivity index (χ4n) is 2.72. The molecule has 0 aliphatic carbocycles. The van der Waals surface area contributed by atoms with Crippen LogP contribution in [0.15, 0.2) is 46.9 Å². The van der Waals surface area contributed by atoms with Gasteiger partial charge in [-0.3, -0.25) is 4.79 Å². The Kier molecular flexibility index (Phi) is 8.36. The molecule has 2 rings (SSSR count). The molecule has 0 heterocycles. The van der Waals surface area contributed by atoms with E-state index in [-0.39, 0.29) is 17.9 Å². The van der Waals surface area contributed by atoms with E-state index in [0.29, 0.717) is 18.9 Å². The van der Waals surface area contributed by atoms with Crippen LogP contribution in [0.25, 0.3) is 0 Å². The highest BCUT2D eigenvalue weighted by Gasteiger charge is 2.15. The van der Waals surface area contributed by atoms with Gasteiger partial charge in [-0.25, -0.2) is 0 Å². The van der Waals surface area contributed by atoms with Crippen molar-refractivity contribution in [1.82, 2.24) is 5.32 Å². The van der Waals surface area contributed by atoms with Gasteiger partial charge in [0.1, 0.15) is 11.5 Å². The Bertz CT molecular complexity index is 766. The molecule has 0 radical (unpaired) electrons. The molecule has 0 saturated heterocycles.